The van der Waals surface area contributed by atoms with Crippen molar-refractivity contribution in [3.05, 3.63) is 64.0 Å². The number of halogens is 1. The van der Waals surface area contributed by atoms with Crippen molar-refractivity contribution in [2.75, 3.05) is 6.54 Å². The molecule has 1 N–H and O–H groups in total. The van der Waals surface area contributed by atoms with Gasteiger partial charge in [-0.05, 0) is 60.6 Å². The topological polar surface area (TPSA) is 54.2 Å². The molecule has 1 atom stereocenters. The van der Waals surface area contributed by atoms with E-state index in [0.717, 1.165) is 34.7 Å². The predicted octanol–water partition coefficient (Wildman–Crippen LogP) is 6.16. The molecule has 30 heavy (non-hydrogen) atoms. The molecule has 0 saturated heterocycles. The Labute approximate surface area is 190 Å². The van der Waals surface area contributed by atoms with Crippen molar-refractivity contribution in [2.45, 2.75) is 33.2 Å². The van der Waals surface area contributed by atoms with Crippen LogP contribution in [0.3, 0.4) is 0 Å². The summed E-state index contributed by atoms with van der Waals surface area (Å²) < 4.78 is 5.73. The fourth-order valence-corrected chi connectivity index (χ4v) is 4.68. The van der Waals surface area contributed by atoms with E-state index in [0.29, 0.717) is 27.8 Å². The first-order valence-electron chi connectivity index (χ1n) is 9.86. The van der Waals surface area contributed by atoms with E-state index < -0.39 is 0 Å². The third kappa shape index (κ3) is 4.29. The normalized spacial score (nSPS) is 17.0. The maximum atomic E-state index is 6.28. The smallest absolute Gasteiger partial charge is 0.258 e. The lowest BCUT2D eigenvalue weighted by molar-refractivity contribution is 0.390. The van der Waals surface area contributed by atoms with Gasteiger partial charge >= 0.3 is 0 Å². The van der Waals surface area contributed by atoms with Gasteiger partial charge in [0.2, 0.25) is 5.82 Å². The van der Waals surface area contributed by atoms with Crippen LogP contribution in [-0.4, -0.2) is 26.7 Å². The Balaban J connectivity index is 1.79. The van der Waals surface area contributed by atoms with Crippen molar-refractivity contribution in [3.8, 4) is 10.7 Å². The van der Waals surface area contributed by atoms with E-state index in [9.17, 15) is 0 Å². The SMILES string of the molecule is CC1=C(c2nc(-c3cccs3)no2)C(c2cccc(Cl)c2)NC(=S)N1CCC(C)C. The molecule has 1 unspecified atom stereocenters. The Hall–Kier alpha value is -2.22. The number of nitrogens with one attached hydrogen (secondary N) is 1. The lowest BCUT2D eigenvalue weighted by Crippen LogP contribution is -2.46. The molecule has 0 bridgehead atoms. The summed E-state index contributed by atoms with van der Waals surface area (Å²) in [5, 5.41) is 11.1. The van der Waals surface area contributed by atoms with Gasteiger partial charge < -0.3 is 14.7 Å². The quantitative estimate of drug-likeness (QED) is 0.446. The zero-order valence-electron chi connectivity index (χ0n) is 17.1. The summed E-state index contributed by atoms with van der Waals surface area (Å²) in [6.07, 6.45) is 1.03. The Morgan fingerprint density at radius 2 is 2.13 bits per heavy atom. The third-order valence-electron chi connectivity index (χ3n) is 5.11. The molecule has 1 aliphatic heterocycles. The van der Waals surface area contributed by atoms with Gasteiger partial charge in [-0.2, -0.15) is 4.98 Å². The number of rotatable bonds is 6. The van der Waals surface area contributed by atoms with Crippen LogP contribution in [0.25, 0.3) is 16.3 Å². The molecule has 1 aromatic carbocycles. The zero-order valence-corrected chi connectivity index (χ0v) is 19.4. The standard InChI is InChI=1S/C22H23ClN4OS2/c1-13(2)9-10-27-14(3)18(21-25-20(26-28-21)17-8-5-11-30-17)19(24-22(27)29)15-6-4-7-16(23)12-15/h4-8,11-13,19H,9-10H2,1-3H3,(H,24,29). The van der Waals surface area contributed by atoms with E-state index in [1.54, 1.807) is 11.3 Å². The van der Waals surface area contributed by atoms with Crippen molar-refractivity contribution in [1.29, 1.82) is 0 Å². The monoisotopic (exact) mass is 458 g/mol. The van der Waals surface area contributed by atoms with Crippen molar-refractivity contribution in [3.63, 3.8) is 0 Å². The molecule has 0 saturated carbocycles. The first-order chi connectivity index (χ1) is 14.4. The van der Waals surface area contributed by atoms with Gasteiger partial charge in [0.25, 0.3) is 5.89 Å². The first-order valence-corrected chi connectivity index (χ1v) is 11.5. The molecule has 3 aromatic rings. The van der Waals surface area contributed by atoms with Crippen LogP contribution in [0, 0.1) is 5.92 Å². The average Bonchev–Trinajstić information content (AvgIpc) is 3.39. The molecule has 0 amide bonds. The van der Waals surface area contributed by atoms with E-state index in [1.165, 1.54) is 0 Å². The number of thiophene rings is 1. The lowest BCUT2D eigenvalue weighted by Gasteiger charge is -2.37. The molecule has 0 radical (unpaired) electrons. The average molecular weight is 459 g/mol. The van der Waals surface area contributed by atoms with Crippen molar-refractivity contribution >= 4 is 45.8 Å². The van der Waals surface area contributed by atoms with Crippen LogP contribution in [0.1, 0.15) is 44.7 Å². The van der Waals surface area contributed by atoms with E-state index in [1.807, 2.05) is 41.8 Å². The van der Waals surface area contributed by atoms with Crippen LogP contribution in [0.2, 0.25) is 5.02 Å². The van der Waals surface area contributed by atoms with Crippen LogP contribution >= 0.6 is 35.2 Å². The molecular weight excluding hydrogens is 436 g/mol. The van der Waals surface area contributed by atoms with Gasteiger partial charge in [0.05, 0.1) is 16.5 Å². The van der Waals surface area contributed by atoms with Gasteiger partial charge in [-0.15, -0.1) is 11.3 Å². The van der Waals surface area contributed by atoms with Gasteiger partial charge in [0.1, 0.15) is 0 Å². The molecule has 3 heterocycles. The summed E-state index contributed by atoms with van der Waals surface area (Å²) >= 11 is 13.6. The van der Waals surface area contributed by atoms with Crippen LogP contribution in [0.4, 0.5) is 0 Å². The van der Waals surface area contributed by atoms with Crippen LogP contribution in [-0.2, 0) is 0 Å². The van der Waals surface area contributed by atoms with Crippen molar-refractivity contribution in [2.24, 2.45) is 5.92 Å². The highest BCUT2D eigenvalue weighted by atomic mass is 35.5. The van der Waals surface area contributed by atoms with Crippen LogP contribution in [0.15, 0.2) is 52.0 Å². The Morgan fingerprint density at radius 1 is 1.30 bits per heavy atom. The number of nitrogens with zero attached hydrogens (tertiary/aromatic N) is 3. The Morgan fingerprint density at radius 3 is 2.83 bits per heavy atom. The number of thiocarbonyl (C=S) groups is 1. The number of benzene rings is 1. The minimum absolute atomic E-state index is 0.219. The second kappa shape index (κ2) is 8.88. The maximum Gasteiger partial charge on any atom is 0.258 e. The highest BCUT2D eigenvalue weighted by molar-refractivity contribution is 7.80. The molecule has 8 heteroatoms. The lowest BCUT2D eigenvalue weighted by atomic mass is 9.94. The highest BCUT2D eigenvalue weighted by Gasteiger charge is 2.34. The second-order valence-electron chi connectivity index (χ2n) is 7.67. The summed E-state index contributed by atoms with van der Waals surface area (Å²) in [6, 6.07) is 11.5. The van der Waals surface area contributed by atoms with Gasteiger partial charge in [-0.25, -0.2) is 0 Å². The number of hydrogen-bond donors (Lipinski definition) is 1. The van der Waals surface area contributed by atoms with Crippen molar-refractivity contribution < 1.29 is 4.52 Å². The third-order valence-corrected chi connectivity index (χ3v) is 6.55. The molecular formula is C22H23ClN4OS2. The molecule has 5 nitrogen and oxygen atoms in total. The minimum Gasteiger partial charge on any atom is -0.351 e. The fourth-order valence-electron chi connectivity index (χ4n) is 3.49. The summed E-state index contributed by atoms with van der Waals surface area (Å²) in [5.74, 6) is 1.65. The van der Waals surface area contributed by atoms with E-state index in [-0.39, 0.29) is 6.04 Å². The molecule has 0 spiro atoms. The van der Waals surface area contributed by atoms with Gasteiger partial charge in [0, 0.05) is 17.3 Å². The van der Waals surface area contributed by atoms with Crippen LogP contribution < -0.4 is 5.32 Å². The summed E-state index contributed by atoms with van der Waals surface area (Å²) in [5.41, 5.74) is 2.94. The molecule has 1 aliphatic rings. The molecule has 0 fully saturated rings. The van der Waals surface area contributed by atoms with Gasteiger partial charge in [-0.1, -0.05) is 48.8 Å². The molecule has 156 valence electrons. The van der Waals surface area contributed by atoms with E-state index in [4.69, 9.17) is 33.3 Å². The van der Waals surface area contributed by atoms with Crippen molar-refractivity contribution in [1.82, 2.24) is 20.4 Å². The highest BCUT2D eigenvalue weighted by Crippen LogP contribution is 2.38. The fraction of sp³-hybridized carbons (Fsp3) is 0.318. The minimum atomic E-state index is -0.219. The summed E-state index contributed by atoms with van der Waals surface area (Å²) in [7, 11) is 0. The number of allylic oxidation sites excluding steroid dienone is 1. The first kappa shape index (κ1) is 21.0. The Bertz CT molecular complexity index is 1070. The molecule has 4 rings (SSSR count). The van der Waals surface area contributed by atoms with E-state index >= 15 is 0 Å². The molecule has 0 aliphatic carbocycles. The van der Waals surface area contributed by atoms with Crippen LogP contribution in [0.5, 0.6) is 0 Å². The molecule has 2 aromatic heterocycles. The summed E-state index contributed by atoms with van der Waals surface area (Å²) in [4.78, 5) is 7.81. The second-order valence-corrected chi connectivity index (χ2v) is 9.44. The largest absolute Gasteiger partial charge is 0.351 e. The zero-order chi connectivity index (χ0) is 21.3. The predicted molar refractivity (Wildman–Crippen MR) is 126 cm³/mol. The van der Waals surface area contributed by atoms with Gasteiger partial charge in [-0.3, -0.25) is 0 Å². The maximum absolute atomic E-state index is 6.28. The number of aromatic nitrogens is 2. The summed E-state index contributed by atoms with van der Waals surface area (Å²) in [6.45, 7) is 7.31. The number of hydrogen-bond acceptors (Lipinski definition) is 5. The van der Waals surface area contributed by atoms with Gasteiger partial charge in [0.15, 0.2) is 5.11 Å². The van der Waals surface area contributed by atoms with E-state index in [2.05, 4.69) is 36.1 Å². The Kier molecular flexibility index (Phi) is 6.22.